The number of esters is 1. The van der Waals surface area contributed by atoms with Crippen LogP contribution in [0.15, 0.2) is 47.5 Å². The summed E-state index contributed by atoms with van der Waals surface area (Å²) >= 11 is 0. The van der Waals surface area contributed by atoms with Crippen LogP contribution in [0.2, 0.25) is 0 Å². The molecular weight excluding hydrogens is 817 g/mol. The van der Waals surface area contributed by atoms with Crippen molar-refractivity contribution in [2.24, 2.45) is 27.5 Å². The fourth-order valence-corrected chi connectivity index (χ4v) is 15.5. The molecule has 4 fully saturated rings. The van der Waals surface area contributed by atoms with E-state index in [1.807, 2.05) is 38.6 Å². The van der Waals surface area contributed by atoms with Gasteiger partial charge in [0.25, 0.3) is 0 Å². The molecule has 0 radical (unpaired) electrons. The van der Waals surface area contributed by atoms with Gasteiger partial charge in [-0.3, -0.25) is 14.6 Å². The number of ether oxygens (including phenoxy) is 2. The van der Waals surface area contributed by atoms with Gasteiger partial charge in [-0.1, -0.05) is 96.2 Å². The maximum atomic E-state index is 14.2. The van der Waals surface area contributed by atoms with Gasteiger partial charge in [0.05, 0.1) is 6.10 Å². The SMILES string of the molecule is CC(=O)O[C@@H]1CCc2cc(c(O)c3c2C=C[C@H]2CCC[C@H]2O3)CN2C[C@@](Cc3ccccc3)(CCN=C(N)N[C@@]3(CCCC34CCCC4)SSCCCCCC[C@H](O)C1)CC2=O. The summed E-state index contributed by atoms with van der Waals surface area (Å²) in [7, 11) is 3.97. The minimum atomic E-state index is -0.571. The first-order chi connectivity index (χ1) is 30.0. The number of benzene rings is 2. The molecule has 2 aromatic carbocycles. The highest BCUT2D eigenvalue weighted by atomic mass is 33.1. The van der Waals surface area contributed by atoms with E-state index in [0.717, 1.165) is 74.7 Å². The van der Waals surface area contributed by atoms with E-state index in [-0.39, 0.29) is 51.9 Å². The van der Waals surface area contributed by atoms with E-state index in [1.165, 1.54) is 51.0 Å². The molecule has 10 nitrogen and oxygen atoms in total. The molecule has 5 N–H and O–H groups in total. The number of hydrogen-bond donors (Lipinski definition) is 4. The minimum Gasteiger partial charge on any atom is -0.504 e. The molecule has 1 saturated heterocycles. The van der Waals surface area contributed by atoms with E-state index in [0.29, 0.717) is 68.9 Å². The van der Waals surface area contributed by atoms with Crippen molar-refractivity contribution in [3.63, 3.8) is 0 Å². The number of nitrogens with one attached hydrogen (secondary N) is 1. The van der Waals surface area contributed by atoms with Gasteiger partial charge in [-0.15, -0.1) is 0 Å². The van der Waals surface area contributed by atoms with Gasteiger partial charge in [0.15, 0.2) is 17.5 Å². The standard InChI is InChI=1S/C50H70N4O6S2/c1-35(55)59-41-20-18-38-29-39(45(58)46-42(38)21-19-37-15-11-17-43(37)60-46)33-54-34-48(32-44(54)57,31-36-13-5-4-6-14-36)26-27-52-47(51)53-50(25-12-24-49(50)22-8-9-23-49)62-61-28-10-3-2-7-16-40(56)30-41/h4-6,13-14,19,21,29,37,40-41,43,56,58H,2-3,7-12,15-18,20,22-28,30-34H2,1H3,(H3,51,52,53)/t37-,40+,41-,43-,48-,50+/m1/s1. The number of aromatic hydroxyl groups is 1. The number of fused-ring (bicyclic) bond motifs is 8. The number of carbonyl (C=O) groups is 2. The summed E-state index contributed by atoms with van der Waals surface area (Å²) in [5, 5.41) is 27.1. The molecule has 62 heavy (non-hydrogen) atoms. The summed E-state index contributed by atoms with van der Waals surface area (Å²) in [5.41, 5.74) is 10.4. The highest BCUT2D eigenvalue weighted by molar-refractivity contribution is 8.77. The quantitative estimate of drug-likeness (QED) is 0.174. The predicted octanol–water partition coefficient (Wildman–Crippen LogP) is 9.62. The van der Waals surface area contributed by atoms with Crippen molar-refractivity contribution in [1.82, 2.24) is 10.2 Å². The molecular formula is C50H70N4O6S2. The second-order valence-electron chi connectivity index (χ2n) is 19.6. The molecule has 2 spiro atoms. The average molecular weight is 887 g/mol. The lowest BCUT2D eigenvalue weighted by Crippen LogP contribution is -2.55. The van der Waals surface area contributed by atoms with Gasteiger partial charge in [0, 0.05) is 73.0 Å². The monoisotopic (exact) mass is 886 g/mol. The van der Waals surface area contributed by atoms with Gasteiger partial charge in [0.2, 0.25) is 5.91 Å². The van der Waals surface area contributed by atoms with Crippen molar-refractivity contribution >= 4 is 45.5 Å². The van der Waals surface area contributed by atoms with Gasteiger partial charge < -0.3 is 35.6 Å². The van der Waals surface area contributed by atoms with Crippen molar-refractivity contribution < 1.29 is 29.3 Å². The van der Waals surface area contributed by atoms with Crippen LogP contribution >= 0.6 is 21.6 Å². The van der Waals surface area contributed by atoms with Crippen LogP contribution in [0, 0.1) is 16.7 Å². The number of phenolic OH excluding ortho intramolecular Hbond substituents is 1. The van der Waals surface area contributed by atoms with E-state index in [4.69, 9.17) is 20.2 Å². The number of phenols is 1. The number of hydrogen-bond acceptors (Lipinski definition) is 11. The van der Waals surface area contributed by atoms with E-state index in [2.05, 4.69) is 41.7 Å². The minimum absolute atomic E-state index is 0.0153. The average Bonchev–Trinajstić information content (AvgIpc) is 4.02. The van der Waals surface area contributed by atoms with E-state index < -0.39 is 12.2 Å². The molecule has 1 amide bonds. The first-order valence-corrected chi connectivity index (χ1v) is 26.2. The zero-order chi connectivity index (χ0) is 43.2. The molecule has 3 aliphatic carbocycles. The number of guanidine groups is 1. The Morgan fingerprint density at radius 1 is 0.984 bits per heavy atom. The van der Waals surface area contributed by atoms with Crippen molar-refractivity contribution in [2.75, 3.05) is 18.8 Å². The molecule has 6 atom stereocenters. The van der Waals surface area contributed by atoms with Crippen LogP contribution in [-0.4, -0.2) is 75.0 Å². The molecule has 0 aromatic heterocycles. The predicted molar refractivity (Wildman–Crippen MR) is 251 cm³/mol. The zero-order valence-corrected chi connectivity index (χ0v) is 38.6. The largest absolute Gasteiger partial charge is 0.504 e. The number of carbonyl (C=O) groups excluding carboxylic acids is 2. The Hall–Kier alpha value is -3.35. The third kappa shape index (κ3) is 10.4. The Morgan fingerprint density at radius 2 is 1.79 bits per heavy atom. The number of nitrogens with zero attached hydrogens (tertiary/aromatic N) is 2. The third-order valence-corrected chi connectivity index (χ3v) is 18.4. The Balaban J connectivity index is 1.10. The molecule has 6 aliphatic rings. The number of nitrogens with two attached hydrogens (primary N) is 1. The Kier molecular flexibility index (Phi) is 14.8. The summed E-state index contributed by atoms with van der Waals surface area (Å²) < 4.78 is 12.5. The van der Waals surface area contributed by atoms with Crippen molar-refractivity contribution in [1.29, 1.82) is 0 Å². The molecule has 3 saturated carbocycles. The second-order valence-corrected chi connectivity index (χ2v) is 22.3. The van der Waals surface area contributed by atoms with Crippen LogP contribution in [0.25, 0.3) is 6.08 Å². The van der Waals surface area contributed by atoms with Gasteiger partial charge in [-0.25, -0.2) is 0 Å². The van der Waals surface area contributed by atoms with E-state index >= 15 is 0 Å². The maximum Gasteiger partial charge on any atom is 0.302 e. The Bertz CT molecular complexity index is 1930. The van der Waals surface area contributed by atoms with Crippen LogP contribution in [0.3, 0.4) is 0 Å². The molecule has 338 valence electrons. The highest BCUT2D eigenvalue weighted by Crippen LogP contribution is 2.63. The zero-order valence-electron chi connectivity index (χ0n) is 36.9. The van der Waals surface area contributed by atoms with Crippen LogP contribution in [0.1, 0.15) is 151 Å². The maximum absolute atomic E-state index is 14.2. The fourth-order valence-electron chi connectivity index (χ4n) is 11.9. The normalized spacial score (nSPS) is 31.2. The fraction of sp³-hybridized carbons (Fsp3) is 0.660. The number of aliphatic hydroxyl groups excluding tert-OH is 1. The van der Waals surface area contributed by atoms with Crippen LogP contribution in [0.4, 0.5) is 0 Å². The Labute approximate surface area is 377 Å². The molecule has 0 unspecified atom stereocenters. The molecule has 8 rings (SSSR count). The topological polar surface area (TPSA) is 147 Å². The second kappa shape index (κ2) is 20.2. The third-order valence-electron chi connectivity index (χ3n) is 15.1. The van der Waals surface area contributed by atoms with Gasteiger partial charge >= 0.3 is 5.97 Å². The summed E-state index contributed by atoms with van der Waals surface area (Å²) in [6.45, 7) is 2.74. The number of aliphatic imine (C=N–C) groups is 1. The van der Waals surface area contributed by atoms with Crippen LogP contribution in [0.5, 0.6) is 11.5 Å². The highest BCUT2D eigenvalue weighted by Gasteiger charge is 2.57. The van der Waals surface area contributed by atoms with Crippen molar-refractivity contribution in [2.45, 2.75) is 171 Å². The molecule has 3 heterocycles. The van der Waals surface area contributed by atoms with E-state index in [9.17, 15) is 19.8 Å². The first-order valence-electron chi connectivity index (χ1n) is 23.8. The van der Waals surface area contributed by atoms with Gasteiger partial charge in [-0.2, -0.15) is 0 Å². The summed E-state index contributed by atoms with van der Waals surface area (Å²) in [5.74, 6) is 2.13. The summed E-state index contributed by atoms with van der Waals surface area (Å²) in [4.78, 5) is 33.4. The molecule has 12 heteroatoms. The Morgan fingerprint density at radius 3 is 2.61 bits per heavy atom. The van der Waals surface area contributed by atoms with Crippen molar-refractivity contribution in [3.05, 3.63) is 64.7 Å². The summed E-state index contributed by atoms with van der Waals surface area (Å²) in [6, 6.07) is 12.5. The molecule has 4 bridgehead atoms. The summed E-state index contributed by atoms with van der Waals surface area (Å²) in [6.07, 6.45) is 23.0. The molecule has 3 aliphatic heterocycles. The number of amides is 1. The van der Waals surface area contributed by atoms with E-state index in [1.54, 1.807) is 0 Å². The lowest BCUT2D eigenvalue weighted by atomic mass is 9.78. The van der Waals surface area contributed by atoms with Crippen LogP contribution in [-0.2, 0) is 33.7 Å². The smallest absolute Gasteiger partial charge is 0.302 e. The van der Waals surface area contributed by atoms with Gasteiger partial charge in [0.1, 0.15) is 17.1 Å². The van der Waals surface area contributed by atoms with Crippen LogP contribution < -0.4 is 15.8 Å². The van der Waals surface area contributed by atoms with Crippen molar-refractivity contribution in [3.8, 4) is 11.5 Å². The van der Waals surface area contributed by atoms with Gasteiger partial charge in [-0.05, 0) is 107 Å². The number of aliphatic hydroxyl groups is 1. The molecule has 2 aromatic rings. The lowest BCUT2D eigenvalue weighted by molar-refractivity contribution is -0.148. The number of rotatable bonds is 3. The lowest BCUT2D eigenvalue weighted by Gasteiger charge is -2.44. The first kappa shape index (κ1) is 45.2. The number of aryl methyl sites for hydroxylation is 1.